The van der Waals surface area contributed by atoms with Gasteiger partial charge in [0, 0.05) is 32.0 Å². The molecule has 1 aromatic carbocycles. The SMILES string of the molecule is COCc1ccccc1CNC(=O)Cc1c(C)nn(C)c1C. The zero-order chi connectivity index (χ0) is 16.1. The van der Waals surface area contributed by atoms with Crippen molar-refractivity contribution in [3.05, 3.63) is 52.3 Å². The summed E-state index contributed by atoms with van der Waals surface area (Å²) in [5, 5.41) is 7.32. The molecule has 1 heterocycles. The number of hydrogen-bond acceptors (Lipinski definition) is 3. The molecule has 0 unspecified atom stereocenters. The number of benzene rings is 1. The summed E-state index contributed by atoms with van der Waals surface area (Å²) >= 11 is 0. The van der Waals surface area contributed by atoms with Gasteiger partial charge in [-0.25, -0.2) is 0 Å². The van der Waals surface area contributed by atoms with E-state index in [0.717, 1.165) is 28.1 Å². The maximum atomic E-state index is 12.2. The lowest BCUT2D eigenvalue weighted by molar-refractivity contribution is -0.120. The van der Waals surface area contributed by atoms with Crippen LogP contribution in [0.2, 0.25) is 0 Å². The third-order valence-corrected chi connectivity index (χ3v) is 3.89. The average molecular weight is 301 g/mol. The number of aromatic nitrogens is 2. The van der Waals surface area contributed by atoms with Gasteiger partial charge in [0.2, 0.25) is 5.91 Å². The molecule has 5 heteroatoms. The van der Waals surface area contributed by atoms with Crippen LogP contribution in [0.3, 0.4) is 0 Å². The zero-order valence-electron chi connectivity index (χ0n) is 13.6. The molecule has 118 valence electrons. The molecule has 2 aromatic rings. The Morgan fingerprint density at radius 1 is 1.27 bits per heavy atom. The highest BCUT2D eigenvalue weighted by Crippen LogP contribution is 2.13. The Morgan fingerprint density at radius 3 is 2.55 bits per heavy atom. The standard InChI is InChI=1S/C17H23N3O2/c1-12-16(13(2)20(3)19-12)9-17(21)18-10-14-7-5-6-8-15(14)11-22-4/h5-8H,9-11H2,1-4H3,(H,18,21). The van der Waals surface area contributed by atoms with Crippen LogP contribution in [-0.4, -0.2) is 22.8 Å². The van der Waals surface area contributed by atoms with E-state index in [1.54, 1.807) is 7.11 Å². The van der Waals surface area contributed by atoms with Gasteiger partial charge in [0.05, 0.1) is 18.7 Å². The number of aryl methyl sites for hydroxylation is 2. The molecule has 0 spiro atoms. The van der Waals surface area contributed by atoms with Crippen molar-refractivity contribution in [2.75, 3.05) is 7.11 Å². The summed E-state index contributed by atoms with van der Waals surface area (Å²) in [5.41, 5.74) is 5.13. The van der Waals surface area contributed by atoms with E-state index in [-0.39, 0.29) is 5.91 Å². The number of rotatable bonds is 6. The summed E-state index contributed by atoms with van der Waals surface area (Å²) in [7, 11) is 3.56. The topological polar surface area (TPSA) is 56.1 Å². The molecular weight excluding hydrogens is 278 g/mol. The van der Waals surface area contributed by atoms with Gasteiger partial charge in [0.15, 0.2) is 0 Å². The first kappa shape index (κ1) is 16.2. The van der Waals surface area contributed by atoms with E-state index >= 15 is 0 Å². The first-order valence-corrected chi connectivity index (χ1v) is 7.34. The van der Waals surface area contributed by atoms with Gasteiger partial charge in [0.25, 0.3) is 0 Å². The van der Waals surface area contributed by atoms with Crippen molar-refractivity contribution in [2.24, 2.45) is 7.05 Å². The lowest BCUT2D eigenvalue weighted by atomic mass is 10.1. The van der Waals surface area contributed by atoms with Gasteiger partial charge in [-0.1, -0.05) is 24.3 Å². The molecule has 1 N–H and O–H groups in total. The number of ether oxygens (including phenoxy) is 1. The van der Waals surface area contributed by atoms with Crippen LogP contribution in [0.15, 0.2) is 24.3 Å². The third-order valence-electron chi connectivity index (χ3n) is 3.89. The molecular formula is C17H23N3O2. The highest BCUT2D eigenvalue weighted by Gasteiger charge is 2.13. The number of amides is 1. The van der Waals surface area contributed by atoms with Gasteiger partial charge in [-0.2, -0.15) is 5.10 Å². The van der Waals surface area contributed by atoms with Crippen molar-refractivity contribution in [3.63, 3.8) is 0 Å². The zero-order valence-corrected chi connectivity index (χ0v) is 13.6. The fourth-order valence-electron chi connectivity index (χ4n) is 2.52. The van der Waals surface area contributed by atoms with Crippen LogP contribution in [0.1, 0.15) is 28.1 Å². The fraction of sp³-hybridized carbons (Fsp3) is 0.412. The molecule has 1 amide bonds. The second kappa shape index (κ2) is 7.22. The lowest BCUT2D eigenvalue weighted by Gasteiger charge is -2.10. The number of carbonyl (C=O) groups excluding carboxylic acids is 1. The highest BCUT2D eigenvalue weighted by atomic mass is 16.5. The molecule has 0 aliphatic rings. The fourth-order valence-corrected chi connectivity index (χ4v) is 2.52. The molecule has 22 heavy (non-hydrogen) atoms. The Morgan fingerprint density at radius 2 is 1.95 bits per heavy atom. The van der Waals surface area contributed by atoms with E-state index in [1.165, 1.54) is 0 Å². The molecule has 0 saturated heterocycles. The Labute approximate surface area is 131 Å². The second-order valence-electron chi connectivity index (χ2n) is 5.43. The van der Waals surface area contributed by atoms with Gasteiger partial charge >= 0.3 is 0 Å². The third kappa shape index (κ3) is 3.74. The molecule has 0 aliphatic heterocycles. The predicted molar refractivity (Wildman–Crippen MR) is 85.4 cm³/mol. The maximum absolute atomic E-state index is 12.2. The first-order chi connectivity index (χ1) is 10.5. The summed E-state index contributed by atoms with van der Waals surface area (Å²) in [4.78, 5) is 12.2. The van der Waals surface area contributed by atoms with Crippen molar-refractivity contribution in [1.29, 1.82) is 0 Å². The summed E-state index contributed by atoms with van der Waals surface area (Å²) < 4.78 is 6.99. The van der Waals surface area contributed by atoms with E-state index in [9.17, 15) is 4.79 Å². The second-order valence-corrected chi connectivity index (χ2v) is 5.43. The van der Waals surface area contributed by atoms with Crippen molar-refractivity contribution < 1.29 is 9.53 Å². The Bertz CT molecular complexity index is 662. The molecule has 2 rings (SSSR count). The van der Waals surface area contributed by atoms with E-state index in [0.29, 0.717) is 19.6 Å². The molecule has 0 saturated carbocycles. The van der Waals surface area contributed by atoms with Gasteiger partial charge in [-0.3, -0.25) is 9.48 Å². The first-order valence-electron chi connectivity index (χ1n) is 7.34. The van der Waals surface area contributed by atoms with Gasteiger partial charge < -0.3 is 10.1 Å². The minimum Gasteiger partial charge on any atom is -0.380 e. The van der Waals surface area contributed by atoms with Crippen LogP contribution in [0, 0.1) is 13.8 Å². The Hall–Kier alpha value is -2.14. The monoisotopic (exact) mass is 301 g/mol. The van der Waals surface area contributed by atoms with Crippen LogP contribution in [0.4, 0.5) is 0 Å². The number of methoxy groups -OCH3 is 1. The number of nitrogens with zero attached hydrogens (tertiary/aromatic N) is 2. The van der Waals surface area contributed by atoms with Crippen molar-refractivity contribution in [1.82, 2.24) is 15.1 Å². The van der Waals surface area contributed by atoms with Gasteiger partial charge in [0.1, 0.15) is 0 Å². The largest absolute Gasteiger partial charge is 0.380 e. The number of hydrogen-bond donors (Lipinski definition) is 1. The summed E-state index contributed by atoms with van der Waals surface area (Å²) in [6, 6.07) is 7.97. The van der Waals surface area contributed by atoms with Gasteiger partial charge in [-0.05, 0) is 25.0 Å². The average Bonchev–Trinajstić information content (AvgIpc) is 2.73. The number of carbonyl (C=O) groups is 1. The smallest absolute Gasteiger partial charge is 0.224 e. The normalized spacial score (nSPS) is 10.7. The van der Waals surface area contributed by atoms with Crippen LogP contribution in [0.25, 0.3) is 0 Å². The summed E-state index contributed by atoms with van der Waals surface area (Å²) in [5.74, 6) is 0.00594. The predicted octanol–water partition coefficient (Wildman–Crippen LogP) is 2.04. The lowest BCUT2D eigenvalue weighted by Crippen LogP contribution is -2.25. The van der Waals surface area contributed by atoms with Crippen molar-refractivity contribution in [3.8, 4) is 0 Å². The quantitative estimate of drug-likeness (QED) is 0.888. The van der Waals surface area contributed by atoms with Crippen molar-refractivity contribution >= 4 is 5.91 Å². The van der Waals surface area contributed by atoms with Gasteiger partial charge in [-0.15, -0.1) is 0 Å². The van der Waals surface area contributed by atoms with Crippen LogP contribution in [0.5, 0.6) is 0 Å². The minimum absolute atomic E-state index is 0.00594. The van der Waals surface area contributed by atoms with E-state index in [4.69, 9.17) is 4.74 Å². The van der Waals surface area contributed by atoms with Crippen LogP contribution in [-0.2, 0) is 36.2 Å². The molecule has 0 bridgehead atoms. The highest BCUT2D eigenvalue weighted by molar-refractivity contribution is 5.79. The summed E-state index contributed by atoms with van der Waals surface area (Å²) in [6.07, 6.45) is 0.359. The van der Waals surface area contributed by atoms with E-state index in [1.807, 2.05) is 49.8 Å². The van der Waals surface area contributed by atoms with Crippen LogP contribution >= 0.6 is 0 Å². The van der Waals surface area contributed by atoms with E-state index < -0.39 is 0 Å². The van der Waals surface area contributed by atoms with Crippen molar-refractivity contribution in [2.45, 2.75) is 33.4 Å². The molecule has 0 fully saturated rings. The Kier molecular flexibility index (Phi) is 5.33. The molecule has 0 aliphatic carbocycles. The summed E-state index contributed by atoms with van der Waals surface area (Å²) in [6.45, 7) is 4.98. The molecule has 5 nitrogen and oxygen atoms in total. The number of nitrogens with one attached hydrogen (secondary N) is 1. The minimum atomic E-state index is 0.00594. The van der Waals surface area contributed by atoms with Crippen LogP contribution < -0.4 is 5.32 Å². The molecule has 0 atom stereocenters. The Balaban J connectivity index is 1.99. The molecule has 0 radical (unpaired) electrons. The molecule has 1 aromatic heterocycles. The maximum Gasteiger partial charge on any atom is 0.224 e. The van der Waals surface area contributed by atoms with E-state index in [2.05, 4.69) is 10.4 Å².